The van der Waals surface area contributed by atoms with Gasteiger partial charge in [0.05, 0.1) is 5.60 Å². The maximum absolute atomic E-state index is 13.3. The predicted octanol–water partition coefficient (Wildman–Crippen LogP) is 4.31. The zero-order valence-corrected chi connectivity index (χ0v) is 11.4. The van der Waals surface area contributed by atoms with Crippen LogP contribution in [0, 0.1) is 18.7 Å². The molecule has 1 aliphatic rings. The third kappa shape index (κ3) is 2.74. The molecule has 0 bridgehead atoms. The Labute approximate surface area is 109 Å². The van der Waals surface area contributed by atoms with Crippen LogP contribution >= 0.6 is 0 Å². The molecule has 0 radical (unpaired) electrons. The molecule has 1 nitrogen and oxygen atoms in total. The van der Waals surface area contributed by atoms with Crippen molar-refractivity contribution >= 4 is 0 Å². The van der Waals surface area contributed by atoms with Gasteiger partial charge in [0.1, 0.15) is 5.82 Å². The first-order valence-electron chi connectivity index (χ1n) is 7.04. The third-order valence-electron chi connectivity index (χ3n) is 4.32. The minimum Gasteiger partial charge on any atom is -0.385 e. The summed E-state index contributed by atoms with van der Waals surface area (Å²) in [5.41, 5.74) is 0.774. The van der Waals surface area contributed by atoms with Crippen LogP contribution in [0.1, 0.15) is 56.6 Å². The van der Waals surface area contributed by atoms with Crippen molar-refractivity contribution in [2.45, 2.75) is 58.0 Å². The Bertz CT molecular complexity index is 406. The molecule has 2 heteroatoms. The van der Waals surface area contributed by atoms with Crippen molar-refractivity contribution in [1.29, 1.82) is 0 Å². The minimum absolute atomic E-state index is 0.193. The fraction of sp³-hybridized carbons (Fsp3) is 0.625. The van der Waals surface area contributed by atoms with Crippen molar-refractivity contribution in [2.75, 3.05) is 0 Å². The Morgan fingerprint density at radius 1 is 1.33 bits per heavy atom. The molecule has 0 heterocycles. The maximum Gasteiger partial charge on any atom is 0.126 e. The summed E-state index contributed by atoms with van der Waals surface area (Å²) in [7, 11) is 0. The highest BCUT2D eigenvalue weighted by atomic mass is 19.1. The van der Waals surface area contributed by atoms with Crippen molar-refractivity contribution in [3.8, 4) is 0 Å². The number of hydrogen-bond acceptors (Lipinski definition) is 1. The van der Waals surface area contributed by atoms with Gasteiger partial charge in [-0.05, 0) is 55.7 Å². The molecule has 100 valence electrons. The van der Waals surface area contributed by atoms with Crippen LogP contribution < -0.4 is 0 Å². The predicted molar refractivity (Wildman–Crippen MR) is 71.9 cm³/mol. The summed E-state index contributed by atoms with van der Waals surface area (Å²) in [5.74, 6) is 0.568. The maximum atomic E-state index is 13.3. The van der Waals surface area contributed by atoms with Crippen LogP contribution in [0.4, 0.5) is 4.39 Å². The normalized spacial score (nSPS) is 28.3. The van der Waals surface area contributed by atoms with Gasteiger partial charge in [-0.15, -0.1) is 0 Å². The van der Waals surface area contributed by atoms with Crippen LogP contribution in [-0.4, -0.2) is 5.11 Å². The largest absolute Gasteiger partial charge is 0.385 e. The molecule has 0 saturated heterocycles. The van der Waals surface area contributed by atoms with Crippen LogP contribution in [0.25, 0.3) is 0 Å². The van der Waals surface area contributed by atoms with Crippen molar-refractivity contribution in [3.05, 3.63) is 35.1 Å². The molecule has 1 saturated carbocycles. The van der Waals surface area contributed by atoms with E-state index in [0.29, 0.717) is 5.56 Å². The number of halogens is 1. The van der Waals surface area contributed by atoms with E-state index in [1.54, 1.807) is 19.1 Å². The van der Waals surface area contributed by atoms with E-state index < -0.39 is 5.60 Å². The molecular weight excluding hydrogens is 227 g/mol. The van der Waals surface area contributed by atoms with Gasteiger partial charge < -0.3 is 5.11 Å². The van der Waals surface area contributed by atoms with Crippen LogP contribution in [0.5, 0.6) is 0 Å². The molecule has 0 aromatic heterocycles. The molecule has 18 heavy (non-hydrogen) atoms. The summed E-state index contributed by atoms with van der Waals surface area (Å²) in [4.78, 5) is 0. The quantitative estimate of drug-likeness (QED) is 0.847. The van der Waals surface area contributed by atoms with Gasteiger partial charge in [-0.2, -0.15) is 0 Å². The monoisotopic (exact) mass is 250 g/mol. The molecule has 1 aliphatic carbocycles. The fourth-order valence-electron chi connectivity index (χ4n) is 3.07. The number of aryl methyl sites for hydroxylation is 1. The highest BCUT2D eigenvalue weighted by Crippen LogP contribution is 2.41. The molecule has 0 aliphatic heterocycles. The smallest absolute Gasteiger partial charge is 0.126 e. The van der Waals surface area contributed by atoms with Crippen LogP contribution in [0.3, 0.4) is 0 Å². The zero-order valence-electron chi connectivity index (χ0n) is 11.4. The number of aliphatic hydroxyl groups is 1. The molecule has 0 unspecified atom stereocenters. The summed E-state index contributed by atoms with van der Waals surface area (Å²) >= 11 is 0. The SMILES string of the molecule is CCCC1CCC(O)(c2ccc(F)c(C)c2)CC1. The van der Waals surface area contributed by atoms with Crippen LogP contribution in [0.2, 0.25) is 0 Å². The first-order chi connectivity index (χ1) is 8.55. The van der Waals surface area contributed by atoms with Gasteiger partial charge in [0.15, 0.2) is 0 Å². The van der Waals surface area contributed by atoms with E-state index in [1.807, 2.05) is 0 Å². The Hall–Kier alpha value is -0.890. The molecule has 0 atom stereocenters. The van der Waals surface area contributed by atoms with Gasteiger partial charge in [-0.3, -0.25) is 0 Å². The second kappa shape index (κ2) is 5.40. The van der Waals surface area contributed by atoms with E-state index in [-0.39, 0.29) is 5.82 Å². The number of benzene rings is 1. The highest BCUT2D eigenvalue weighted by molar-refractivity contribution is 5.29. The van der Waals surface area contributed by atoms with Gasteiger partial charge in [-0.1, -0.05) is 31.9 Å². The minimum atomic E-state index is -0.733. The summed E-state index contributed by atoms with van der Waals surface area (Å²) in [5, 5.41) is 10.7. The summed E-state index contributed by atoms with van der Waals surface area (Å²) in [6.07, 6.45) is 6.27. The van der Waals surface area contributed by atoms with E-state index in [9.17, 15) is 9.50 Å². The van der Waals surface area contributed by atoms with Crippen molar-refractivity contribution in [3.63, 3.8) is 0 Å². The standard InChI is InChI=1S/C16H23FO/c1-3-4-13-7-9-16(18,10-8-13)14-5-6-15(17)12(2)11-14/h5-6,11,13,18H,3-4,7-10H2,1-2H3. The van der Waals surface area contributed by atoms with Gasteiger partial charge in [-0.25, -0.2) is 4.39 Å². The van der Waals surface area contributed by atoms with Crippen LogP contribution in [-0.2, 0) is 5.60 Å². The first-order valence-corrected chi connectivity index (χ1v) is 7.04. The van der Waals surface area contributed by atoms with Gasteiger partial charge in [0.2, 0.25) is 0 Å². The van der Waals surface area contributed by atoms with Gasteiger partial charge >= 0.3 is 0 Å². The van der Waals surface area contributed by atoms with E-state index in [2.05, 4.69) is 6.92 Å². The zero-order chi connectivity index (χ0) is 13.2. The highest BCUT2D eigenvalue weighted by Gasteiger charge is 2.34. The molecule has 0 spiro atoms. The average Bonchev–Trinajstić information content (AvgIpc) is 2.36. The molecular formula is C16H23FO. The second-order valence-electron chi connectivity index (χ2n) is 5.73. The molecule has 1 N–H and O–H groups in total. The fourth-order valence-corrected chi connectivity index (χ4v) is 3.07. The Morgan fingerprint density at radius 3 is 2.56 bits per heavy atom. The molecule has 1 fully saturated rings. The van der Waals surface area contributed by atoms with Crippen molar-refractivity contribution < 1.29 is 9.50 Å². The third-order valence-corrected chi connectivity index (χ3v) is 4.32. The second-order valence-corrected chi connectivity index (χ2v) is 5.73. The van der Waals surface area contributed by atoms with E-state index in [4.69, 9.17) is 0 Å². The Kier molecular flexibility index (Phi) is 4.06. The molecule has 1 aromatic rings. The topological polar surface area (TPSA) is 20.2 Å². The summed E-state index contributed by atoms with van der Waals surface area (Å²) < 4.78 is 13.3. The Balaban J connectivity index is 2.10. The van der Waals surface area contributed by atoms with Crippen LogP contribution in [0.15, 0.2) is 18.2 Å². The lowest BCUT2D eigenvalue weighted by molar-refractivity contribution is -0.0153. The van der Waals surface area contributed by atoms with E-state index in [1.165, 1.54) is 18.9 Å². The van der Waals surface area contributed by atoms with Gasteiger partial charge in [0.25, 0.3) is 0 Å². The molecule has 0 amide bonds. The lowest BCUT2D eigenvalue weighted by atomic mass is 9.74. The summed E-state index contributed by atoms with van der Waals surface area (Å²) in [6, 6.07) is 5.01. The van der Waals surface area contributed by atoms with Crippen molar-refractivity contribution in [1.82, 2.24) is 0 Å². The van der Waals surface area contributed by atoms with E-state index in [0.717, 1.165) is 37.2 Å². The lowest BCUT2D eigenvalue weighted by Gasteiger charge is -2.36. The molecule has 2 rings (SSSR count). The van der Waals surface area contributed by atoms with Gasteiger partial charge in [0, 0.05) is 0 Å². The lowest BCUT2D eigenvalue weighted by Crippen LogP contribution is -2.31. The van der Waals surface area contributed by atoms with E-state index >= 15 is 0 Å². The first kappa shape index (κ1) is 13.5. The number of rotatable bonds is 3. The Morgan fingerprint density at radius 2 is 2.00 bits per heavy atom. The average molecular weight is 250 g/mol. The number of hydrogen-bond donors (Lipinski definition) is 1. The summed E-state index contributed by atoms with van der Waals surface area (Å²) in [6.45, 7) is 3.97. The van der Waals surface area contributed by atoms with Crippen molar-refractivity contribution in [2.24, 2.45) is 5.92 Å². The molecule has 1 aromatic carbocycles.